The quantitative estimate of drug-likeness (QED) is 0.362. The van der Waals surface area contributed by atoms with E-state index in [0.717, 1.165) is 22.4 Å². The lowest BCUT2D eigenvalue weighted by Crippen LogP contribution is -2.41. The van der Waals surface area contributed by atoms with Gasteiger partial charge in [0.2, 0.25) is 0 Å². The van der Waals surface area contributed by atoms with Crippen LogP contribution in [0.25, 0.3) is 11.1 Å². The highest BCUT2D eigenvalue weighted by Crippen LogP contribution is 2.38. The fourth-order valence-corrected chi connectivity index (χ4v) is 4.23. The summed E-state index contributed by atoms with van der Waals surface area (Å²) in [5.41, 5.74) is 8.16. The fraction of sp³-hybridized carbons (Fsp3) is 0.0714. The number of nitrogens with zero attached hydrogens (tertiary/aromatic N) is 2. The average Bonchev–Trinajstić information content (AvgIpc) is 3.25. The summed E-state index contributed by atoms with van der Waals surface area (Å²) in [6.07, 6.45) is 0. The van der Waals surface area contributed by atoms with Crippen molar-refractivity contribution in [1.29, 1.82) is 0 Å². The Hall–Kier alpha value is -4.62. The molecule has 0 saturated carbocycles. The van der Waals surface area contributed by atoms with E-state index in [2.05, 4.69) is 10.9 Å². The molecule has 1 aliphatic heterocycles. The molecule has 1 aliphatic rings. The zero-order valence-corrected chi connectivity index (χ0v) is 18.8. The zero-order valence-electron chi connectivity index (χ0n) is 18.8. The number of hydrogen-bond acceptors (Lipinski definition) is 5. The van der Waals surface area contributed by atoms with E-state index < -0.39 is 12.0 Å². The van der Waals surface area contributed by atoms with Crippen LogP contribution in [0.1, 0.15) is 11.6 Å². The summed E-state index contributed by atoms with van der Waals surface area (Å²) >= 11 is 0. The van der Waals surface area contributed by atoms with Crippen LogP contribution in [-0.4, -0.2) is 23.5 Å². The van der Waals surface area contributed by atoms with Crippen molar-refractivity contribution < 1.29 is 14.7 Å². The molecule has 4 aromatic rings. The van der Waals surface area contributed by atoms with Crippen LogP contribution in [0.5, 0.6) is 0 Å². The van der Waals surface area contributed by atoms with Crippen molar-refractivity contribution in [2.75, 3.05) is 21.9 Å². The molecule has 1 saturated heterocycles. The van der Waals surface area contributed by atoms with E-state index in [1.807, 2.05) is 114 Å². The molecule has 1 fully saturated rings. The number of hydrogen-bond donors (Lipinski definition) is 3. The second-order valence-electron chi connectivity index (χ2n) is 8.14. The number of aliphatic carboxylic acids is 1. The summed E-state index contributed by atoms with van der Waals surface area (Å²) < 4.78 is 0. The topological polar surface area (TPSA) is 84.9 Å². The van der Waals surface area contributed by atoms with E-state index in [1.54, 1.807) is 5.01 Å². The van der Waals surface area contributed by atoms with Crippen molar-refractivity contribution in [2.45, 2.75) is 6.04 Å². The van der Waals surface area contributed by atoms with Crippen LogP contribution in [0.15, 0.2) is 109 Å². The molecule has 1 atom stereocenters. The van der Waals surface area contributed by atoms with E-state index in [-0.39, 0.29) is 12.5 Å². The Morgan fingerprint density at radius 3 is 2.29 bits per heavy atom. The number of carboxylic acids is 1. The molecular formula is C28H24N4O3. The van der Waals surface area contributed by atoms with Crippen molar-refractivity contribution in [3.8, 4) is 11.1 Å². The number of hydrazine groups is 2. The van der Waals surface area contributed by atoms with Crippen LogP contribution in [0, 0.1) is 0 Å². The number of rotatable bonds is 7. The van der Waals surface area contributed by atoms with Crippen LogP contribution in [-0.2, 0) is 9.59 Å². The Kier molecular flexibility index (Phi) is 6.15. The summed E-state index contributed by atoms with van der Waals surface area (Å²) in [5, 5.41) is 15.4. The van der Waals surface area contributed by atoms with E-state index in [1.165, 1.54) is 0 Å². The third kappa shape index (κ3) is 4.58. The van der Waals surface area contributed by atoms with Gasteiger partial charge in [0.1, 0.15) is 6.54 Å². The minimum atomic E-state index is -0.935. The Morgan fingerprint density at radius 1 is 0.857 bits per heavy atom. The van der Waals surface area contributed by atoms with Crippen molar-refractivity contribution in [1.82, 2.24) is 5.53 Å². The average molecular weight is 465 g/mol. The van der Waals surface area contributed by atoms with Crippen LogP contribution in [0.4, 0.5) is 17.1 Å². The van der Waals surface area contributed by atoms with E-state index in [0.29, 0.717) is 11.4 Å². The molecule has 1 amide bonds. The Morgan fingerprint density at radius 2 is 1.54 bits per heavy atom. The van der Waals surface area contributed by atoms with Crippen molar-refractivity contribution in [2.24, 2.45) is 0 Å². The fourth-order valence-electron chi connectivity index (χ4n) is 4.23. The maximum absolute atomic E-state index is 13.9. The first-order valence-electron chi connectivity index (χ1n) is 11.3. The molecular weight excluding hydrogens is 440 g/mol. The van der Waals surface area contributed by atoms with Gasteiger partial charge < -0.3 is 10.4 Å². The third-order valence-corrected chi connectivity index (χ3v) is 5.83. The molecule has 0 aliphatic carbocycles. The van der Waals surface area contributed by atoms with E-state index >= 15 is 0 Å². The second-order valence-corrected chi connectivity index (χ2v) is 8.14. The smallest absolute Gasteiger partial charge is 0.322 e. The number of carbonyl (C=O) groups is 2. The van der Waals surface area contributed by atoms with Crippen molar-refractivity contribution in [3.05, 3.63) is 115 Å². The monoisotopic (exact) mass is 464 g/mol. The molecule has 5 rings (SSSR count). The lowest BCUT2D eigenvalue weighted by atomic mass is 10.0. The normalized spacial score (nSPS) is 15.3. The number of anilines is 3. The molecule has 7 nitrogen and oxygen atoms in total. The molecule has 174 valence electrons. The van der Waals surface area contributed by atoms with Gasteiger partial charge in [0.15, 0.2) is 6.04 Å². The summed E-state index contributed by atoms with van der Waals surface area (Å²) in [5.74, 6) is -1.04. The largest absolute Gasteiger partial charge is 0.480 e. The molecule has 1 heterocycles. The summed E-state index contributed by atoms with van der Waals surface area (Å²) in [6, 6.07) is 34.0. The van der Waals surface area contributed by atoms with Crippen molar-refractivity contribution in [3.63, 3.8) is 0 Å². The van der Waals surface area contributed by atoms with E-state index in [9.17, 15) is 9.59 Å². The standard InChI is InChI=1S/C28H24N4O3/c33-26(34)19-29-22-13-9-12-21(18-22)24-16-7-8-17-25(24)32-28(35)27(20-10-3-1-4-11-20)31(30-32)23-14-5-2-6-15-23/h1-18,27,29-30H,19H2,(H,33,34). The minimum Gasteiger partial charge on any atom is -0.480 e. The summed E-state index contributed by atoms with van der Waals surface area (Å²) in [7, 11) is 0. The molecule has 0 aromatic heterocycles. The van der Waals surface area contributed by atoms with Crippen molar-refractivity contribution >= 4 is 28.9 Å². The molecule has 0 bridgehead atoms. The highest BCUT2D eigenvalue weighted by Gasteiger charge is 2.41. The predicted molar refractivity (Wildman–Crippen MR) is 137 cm³/mol. The van der Waals surface area contributed by atoms with Gasteiger partial charge in [-0.3, -0.25) is 14.6 Å². The zero-order chi connectivity index (χ0) is 24.2. The highest BCUT2D eigenvalue weighted by molar-refractivity contribution is 6.04. The molecule has 35 heavy (non-hydrogen) atoms. The molecule has 0 radical (unpaired) electrons. The number of para-hydroxylation sites is 2. The number of amides is 1. The molecule has 1 unspecified atom stereocenters. The minimum absolute atomic E-state index is 0.104. The highest BCUT2D eigenvalue weighted by atomic mass is 16.4. The Labute approximate surface area is 203 Å². The van der Waals surface area contributed by atoms with Crippen LogP contribution < -0.4 is 20.9 Å². The number of nitrogens with one attached hydrogen (secondary N) is 2. The first kappa shape index (κ1) is 22.2. The summed E-state index contributed by atoms with van der Waals surface area (Å²) in [6.45, 7) is -0.179. The van der Waals surface area contributed by atoms with Gasteiger partial charge in [-0.25, -0.2) is 5.01 Å². The lowest BCUT2D eigenvalue weighted by molar-refractivity contribution is -0.135. The van der Waals surface area contributed by atoms with Crippen LogP contribution in [0.2, 0.25) is 0 Å². The number of benzene rings is 4. The van der Waals surface area contributed by atoms with E-state index in [4.69, 9.17) is 5.11 Å². The molecule has 4 aromatic carbocycles. The van der Waals surface area contributed by atoms with Gasteiger partial charge >= 0.3 is 5.97 Å². The summed E-state index contributed by atoms with van der Waals surface area (Å²) in [4.78, 5) is 24.8. The predicted octanol–water partition coefficient (Wildman–Crippen LogP) is 4.86. The Bertz CT molecular complexity index is 1340. The molecule has 3 N–H and O–H groups in total. The van der Waals surface area contributed by atoms with Gasteiger partial charge in [-0.15, -0.1) is 5.53 Å². The lowest BCUT2D eigenvalue weighted by Gasteiger charge is -2.25. The molecule has 0 spiro atoms. The number of carboxylic acid groups (broad SMARTS) is 1. The van der Waals surface area contributed by atoms with Crippen LogP contribution >= 0.6 is 0 Å². The SMILES string of the molecule is O=C(O)CNc1cccc(-c2ccccc2N2NN(c3ccccc3)C(c3ccccc3)C2=O)c1. The maximum Gasteiger partial charge on any atom is 0.322 e. The maximum atomic E-state index is 13.9. The Balaban J connectivity index is 1.54. The van der Waals surface area contributed by atoms with Crippen LogP contribution in [0.3, 0.4) is 0 Å². The number of carbonyl (C=O) groups excluding carboxylic acids is 1. The van der Waals surface area contributed by atoms with Gasteiger partial charge in [0, 0.05) is 11.3 Å². The third-order valence-electron chi connectivity index (χ3n) is 5.83. The van der Waals surface area contributed by atoms with Gasteiger partial charge in [-0.2, -0.15) is 0 Å². The van der Waals surface area contributed by atoms with Gasteiger partial charge in [-0.1, -0.05) is 78.9 Å². The van der Waals surface area contributed by atoms with Gasteiger partial charge in [0.25, 0.3) is 5.91 Å². The second kappa shape index (κ2) is 9.70. The van der Waals surface area contributed by atoms with Gasteiger partial charge in [0.05, 0.1) is 11.4 Å². The molecule has 7 heteroatoms. The first-order chi connectivity index (χ1) is 17.1. The van der Waals surface area contributed by atoms with Gasteiger partial charge in [-0.05, 0) is 41.5 Å². The first-order valence-corrected chi connectivity index (χ1v) is 11.3.